The monoisotopic (exact) mass is 440 g/mol. The van der Waals surface area contributed by atoms with Gasteiger partial charge in [-0.2, -0.15) is 0 Å². The van der Waals surface area contributed by atoms with Crippen molar-refractivity contribution in [2.24, 2.45) is 5.92 Å². The van der Waals surface area contributed by atoms with Gasteiger partial charge in [-0.3, -0.25) is 0 Å². The fourth-order valence-corrected chi connectivity index (χ4v) is 4.22. The average molecular weight is 441 g/mol. The van der Waals surface area contributed by atoms with Crippen molar-refractivity contribution < 1.29 is 14.2 Å². The van der Waals surface area contributed by atoms with E-state index in [9.17, 15) is 0 Å². The largest absolute Gasteiger partial charge is 0.328 e. The van der Waals surface area contributed by atoms with Gasteiger partial charge in [-0.1, -0.05) is 69.7 Å². The maximum atomic E-state index is 6.29. The van der Waals surface area contributed by atoms with E-state index in [1.165, 1.54) is 49.7 Å². The molecule has 0 bridgehead atoms. The van der Waals surface area contributed by atoms with Gasteiger partial charge in [0.25, 0.3) is 5.97 Å². The van der Waals surface area contributed by atoms with Gasteiger partial charge in [0.15, 0.2) is 0 Å². The molecule has 0 aliphatic heterocycles. The first kappa shape index (κ1) is 27.4. The van der Waals surface area contributed by atoms with Crippen molar-refractivity contribution in [3.8, 4) is 0 Å². The number of benzene rings is 1. The van der Waals surface area contributed by atoms with Crippen molar-refractivity contribution >= 4 is 11.6 Å². The highest BCUT2D eigenvalue weighted by atomic mass is 35.5. The van der Waals surface area contributed by atoms with E-state index < -0.39 is 5.97 Å². The van der Waals surface area contributed by atoms with E-state index in [-0.39, 0.29) is 11.3 Å². The lowest BCUT2D eigenvalue weighted by Gasteiger charge is -2.39. The molecule has 0 aliphatic carbocycles. The van der Waals surface area contributed by atoms with Crippen LogP contribution in [0.4, 0.5) is 0 Å². The van der Waals surface area contributed by atoms with E-state index in [2.05, 4.69) is 31.2 Å². The quantitative estimate of drug-likeness (QED) is 0.131. The number of halogens is 1. The average Bonchev–Trinajstić information content (AvgIpc) is 2.73. The molecule has 2 atom stereocenters. The number of hydrogen-bond acceptors (Lipinski definition) is 3. The molecule has 0 saturated heterocycles. The van der Waals surface area contributed by atoms with Crippen molar-refractivity contribution in [2.45, 2.75) is 104 Å². The summed E-state index contributed by atoms with van der Waals surface area (Å²) in [7, 11) is 0. The Kier molecular flexibility index (Phi) is 14.7. The molecule has 0 spiro atoms. The van der Waals surface area contributed by atoms with Crippen LogP contribution in [0.15, 0.2) is 24.3 Å². The van der Waals surface area contributed by atoms with Crippen molar-refractivity contribution in [1.82, 2.24) is 0 Å². The first-order valence-electron chi connectivity index (χ1n) is 12.2. The third-order valence-corrected chi connectivity index (χ3v) is 5.89. The van der Waals surface area contributed by atoms with Crippen LogP contribution in [0.2, 0.25) is 0 Å². The number of alkyl halides is 1. The minimum Gasteiger partial charge on any atom is -0.328 e. The summed E-state index contributed by atoms with van der Waals surface area (Å²) in [5, 5.41) is 0.0261. The van der Waals surface area contributed by atoms with Gasteiger partial charge >= 0.3 is 0 Å². The van der Waals surface area contributed by atoms with Crippen LogP contribution >= 0.6 is 11.6 Å². The zero-order valence-electron chi connectivity index (χ0n) is 20.1. The molecule has 0 fully saturated rings. The normalized spacial score (nSPS) is 14.1. The van der Waals surface area contributed by atoms with Crippen molar-refractivity contribution in [3.63, 3.8) is 0 Å². The van der Waals surface area contributed by atoms with Crippen molar-refractivity contribution in [2.75, 3.05) is 19.8 Å². The highest BCUT2D eigenvalue weighted by Crippen LogP contribution is 2.34. The SMILES string of the molecule is CCCCCCCCC(CCc1cccc(C(C)Cl)c1)C(OCC)(OCC)OCC. The zero-order valence-corrected chi connectivity index (χ0v) is 20.8. The van der Waals surface area contributed by atoms with Gasteiger partial charge in [-0.05, 0) is 58.1 Å². The second-order valence-corrected chi connectivity index (χ2v) is 8.71. The van der Waals surface area contributed by atoms with E-state index in [4.69, 9.17) is 25.8 Å². The molecule has 0 radical (unpaired) electrons. The molecule has 1 aromatic carbocycles. The third kappa shape index (κ3) is 9.68. The van der Waals surface area contributed by atoms with Crippen LogP contribution in [-0.2, 0) is 20.6 Å². The molecular weight excluding hydrogens is 396 g/mol. The van der Waals surface area contributed by atoms with E-state index in [0.717, 1.165) is 19.3 Å². The number of rotatable bonds is 18. The Balaban J connectivity index is 2.89. The lowest BCUT2D eigenvalue weighted by Crippen LogP contribution is -2.47. The molecule has 1 rings (SSSR count). The Morgan fingerprint density at radius 3 is 2.00 bits per heavy atom. The molecule has 0 aromatic heterocycles. The molecule has 0 amide bonds. The molecule has 4 heteroatoms. The Morgan fingerprint density at radius 2 is 1.43 bits per heavy atom. The smallest absolute Gasteiger partial charge is 0.285 e. The summed E-state index contributed by atoms with van der Waals surface area (Å²) in [5.41, 5.74) is 2.48. The lowest BCUT2D eigenvalue weighted by molar-refractivity contribution is -0.403. The van der Waals surface area contributed by atoms with Gasteiger partial charge < -0.3 is 14.2 Å². The summed E-state index contributed by atoms with van der Waals surface area (Å²) < 4.78 is 18.5. The first-order valence-corrected chi connectivity index (χ1v) is 12.6. The van der Waals surface area contributed by atoms with Crippen LogP contribution in [0.3, 0.4) is 0 Å². The second kappa shape index (κ2) is 16.1. The summed E-state index contributed by atoms with van der Waals surface area (Å²) in [5.74, 6) is -0.750. The molecule has 2 unspecified atom stereocenters. The van der Waals surface area contributed by atoms with Crippen LogP contribution < -0.4 is 0 Å². The predicted octanol–water partition coefficient (Wildman–Crippen LogP) is 8.05. The molecular formula is C26H45ClO3. The highest BCUT2D eigenvalue weighted by molar-refractivity contribution is 6.20. The van der Waals surface area contributed by atoms with Gasteiger partial charge in [0.2, 0.25) is 0 Å². The molecule has 1 aromatic rings. The van der Waals surface area contributed by atoms with Gasteiger partial charge in [-0.15, -0.1) is 11.6 Å². The van der Waals surface area contributed by atoms with Gasteiger partial charge in [0, 0.05) is 25.7 Å². The van der Waals surface area contributed by atoms with Crippen LogP contribution in [0.25, 0.3) is 0 Å². The first-order chi connectivity index (χ1) is 14.5. The summed E-state index contributed by atoms with van der Waals surface area (Å²) in [4.78, 5) is 0. The second-order valence-electron chi connectivity index (χ2n) is 8.06. The highest BCUT2D eigenvalue weighted by Gasteiger charge is 2.41. The molecule has 30 heavy (non-hydrogen) atoms. The molecule has 174 valence electrons. The van der Waals surface area contributed by atoms with Crippen LogP contribution in [0, 0.1) is 5.92 Å². The maximum Gasteiger partial charge on any atom is 0.285 e. The summed E-state index contributed by atoms with van der Waals surface area (Å²) in [6, 6.07) is 8.62. The topological polar surface area (TPSA) is 27.7 Å². The predicted molar refractivity (Wildman–Crippen MR) is 128 cm³/mol. The molecule has 3 nitrogen and oxygen atoms in total. The van der Waals surface area contributed by atoms with E-state index in [1.54, 1.807) is 0 Å². The fraction of sp³-hybridized carbons (Fsp3) is 0.769. The number of aryl methyl sites for hydroxylation is 1. The van der Waals surface area contributed by atoms with Crippen molar-refractivity contribution in [1.29, 1.82) is 0 Å². The van der Waals surface area contributed by atoms with E-state index in [1.807, 2.05) is 27.7 Å². The van der Waals surface area contributed by atoms with Crippen molar-refractivity contribution in [3.05, 3.63) is 35.4 Å². The Morgan fingerprint density at radius 1 is 0.833 bits per heavy atom. The zero-order chi connectivity index (χ0) is 22.2. The van der Waals surface area contributed by atoms with Crippen LogP contribution in [-0.4, -0.2) is 25.8 Å². The summed E-state index contributed by atoms with van der Waals surface area (Å²) in [6.07, 6.45) is 10.7. The van der Waals surface area contributed by atoms with Crippen LogP contribution in [0.1, 0.15) is 102 Å². The standard InChI is InChI=1S/C26H45ClO3/c1-6-10-11-12-13-14-18-25(26(28-7-2,29-8-3)30-9-4)20-19-23-16-15-17-24(21-23)22(5)27/h15-17,21-22,25H,6-14,18-20H2,1-5H3. The van der Waals surface area contributed by atoms with E-state index >= 15 is 0 Å². The van der Waals surface area contributed by atoms with Crippen LogP contribution in [0.5, 0.6) is 0 Å². The fourth-order valence-electron chi connectivity index (χ4n) is 4.09. The number of ether oxygens (including phenoxy) is 3. The minimum atomic E-state index is -0.945. The molecule has 0 N–H and O–H groups in total. The van der Waals surface area contributed by atoms with Gasteiger partial charge in [0.1, 0.15) is 0 Å². The van der Waals surface area contributed by atoms with Gasteiger partial charge in [-0.25, -0.2) is 0 Å². The minimum absolute atomic E-state index is 0.0261. The molecule has 0 saturated carbocycles. The Bertz CT molecular complexity index is 530. The maximum absolute atomic E-state index is 6.29. The summed E-state index contributed by atoms with van der Waals surface area (Å²) >= 11 is 6.29. The Labute approximate surface area is 190 Å². The molecule has 0 aliphatic rings. The van der Waals surface area contributed by atoms with E-state index in [0.29, 0.717) is 19.8 Å². The molecule has 0 heterocycles. The van der Waals surface area contributed by atoms with Gasteiger partial charge in [0.05, 0.1) is 5.38 Å². The number of hydrogen-bond donors (Lipinski definition) is 0. The number of unbranched alkanes of at least 4 members (excludes halogenated alkanes) is 5. The Hall–Kier alpha value is -0.610. The lowest BCUT2D eigenvalue weighted by atomic mass is 9.90. The third-order valence-electron chi connectivity index (χ3n) is 5.63. The summed E-state index contributed by atoms with van der Waals surface area (Å²) in [6.45, 7) is 12.0.